The van der Waals surface area contributed by atoms with Gasteiger partial charge >= 0.3 is 6.61 Å². The molecular formula is C18H17F4N5O2. The van der Waals surface area contributed by atoms with Crippen LogP contribution in [0.5, 0.6) is 5.75 Å². The van der Waals surface area contributed by atoms with E-state index in [4.69, 9.17) is 10.5 Å². The lowest BCUT2D eigenvalue weighted by Gasteiger charge is -2.28. The number of pyridine rings is 1. The summed E-state index contributed by atoms with van der Waals surface area (Å²) in [6.45, 7) is -1.91. The van der Waals surface area contributed by atoms with Crippen LogP contribution in [-0.4, -0.2) is 52.8 Å². The highest BCUT2D eigenvalue weighted by Gasteiger charge is 2.59. The van der Waals surface area contributed by atoms with E-state index in [1.807, 2.05) is 4.90 Å². The van der Waals surface area contributed by atoms with Gasteiger partial charge < -0.3 is 20.1 Å². The van der Waals surface area contributed by atoms with Crippen LogP contribution in [0.2, 0.25) is 0 Å². The van der Waals surface area contributed by atoms with Crippen molar-refractivity contribution in [2.45, 2.75) is 43.4 Å². The van der Waals surface area contributed by atoms with E-state index in [1.165, 1.54) is 12.3 Å². The van der Waals surface area contributed by atoms with E-state index in [2.05, 4.69) is 19.7 Å². The molecule has 2 aromatic rings. The number of hydrogen-bond donors (Lipinski definition) is 1. The second-order valence-corrected chi connectivity index (χ2v) is 7.47. The summed E-state index contributed by atoms with van der Waals surface area (Å²) in [6, 6.07) is 3.04. The van der Waals surface area contributed by atoms with Gasteiger partial charge in [-0.25, -0.2) is 23.7 Å². The highest BCUT2D eigenvalue weighted by atomic mass is 19.3. The van der Waals surface area contributed by atoms with Crippen LogP contribution in [-0.2, 0) is 4.74 Å². The third-order valence-electron chi connectivity index (χ3n) is 5.46. The average molecular weight is 411 g/mol. The van der Waals surface area contributed by atoms with Crippen LogP contribution in [0.3, 0.4) is 0 Å². The third-order valence-corrected chi connectivity index (χ3v) is 5.46. The molecule has 3 atom stereocenters. The fraction of sp³-hybridized carbons (Fsp3) is 0.500. The maximum atomic E-state index is 13.7. The Balaban J connectivity index is 1.55. The fourth-order valence-electron chi connectivity index (χ4n) is 3.86. The second-order valence-electron chi connectivity index (χ2n) is 7.47. The standard InChI is InChI=1S/C18H17F4N5O2/c19-17(20)29-13-1-8(5-24-15(13)23)12-3-14(27-6-10-2-9(27)7-28-10)26-16(25-12)11-4-18(11,21)22/h1,3,5,9-11,17H,2,4,6-7H2,(H2,23,24)/t9-,10-,11-/m0/s1. The minimum absolute atomic E-state index is 0.0272. The van der Waals surface area contributed by atoms with Crippen molar-refractivity contribution < 1.29 is 27.0 Å². The first-order valence-corrected chi connectivity index (χ1v) is 9.16. The number of ether oxygens (including phenoxy) is 2. The number of aromatic nitrogens is 3. The van der Waals surface area contributed by atoms with Gasteiger partial charge in [-0.05, 0) is 12.5 Å². The van der Waals surface area contributed by atoms with Crippen molar-refractivity contribution in [3.8, 4) is 17.0 Å². The molecule has 3 aliphatic rings. The van der Waals surface area contributed by atoms with E-state index in [9.17, 15) is 17.6 Å². The average Bonchev–Trinajstić information content (AvgIpc) is 3.01. The first kappa shape index (κ1) is 18.3. The molecule has 7 nitrogen and oxygen atoms in total. The molecular weight excluding hydrogens is 394 g/mol. The summed E-state index contributed by atoms with van der Waals surface area (Å²) >= 11 is 0. The molecule has 1 aliphatic carbocycles. The van der Waals surface area contributed by atoms with Crippen molar-refractivity contribution in [1.82, 2.24) is 15.0 Å². The highest BCUT2D eigenvalue weighted by molar-refractivity contribution is 5.67. The van der Waals surface area contributed by atoms with Crippen LogP contribution in [0, 0.1) is 0 Å². The summed E-state index contributed by atoms with van der Waals surface area (Å²) in [5.74, 6) is -3.87. The number of nitrogens with two attached hydrogens (primary N) is 1. The van der Waals surface area contributed by atoms with Gasteiger partial charge in [0.2, 0.25) is 0 Å². The Morgan fingerprint density at radius 3 is 2.69 bits per heavy atom. The minimum atomic E-state index is -3.07. The number of hydrogen-bond acceptors (Lipinski definition) is 7. The molecule has 29 heavy (non-hydrogen) atoms. The molecule has 2 saturated heterocycles. The Bertz CT molecular complexity index is 960. The van der Waals surface area contributed by atoms with Gasteiger partial charge in [0.1, 0.15) is 11.6 Å². The number of morpholine rings is 1. The van der Waals surface area contributed by atoms with Gasteiger partial charge in [-0.1, -0.05) is 0 Å². The van der Waals surface area contributed by atoms with Crippen molar-refractivity contribution in [3.05, 3.63) is 24.2 Å². The molecule has 154 valence electrons. The van der Waals surface area contributed by atoms with E-state index in [0.29, 0.717) is 30.2 Å². The van der Waals surface area contributed by atoms with Gasteiger partial charge in [0.05, 0.1) is 30.4 Å². The van der Waals surface area contributed by atoms with Gasteiger partial charge in [0, 0.05) is 30.8 Å². The number of halogens is 4. The summed E-state index contributed by atoms with van der Waals surface area (Å²) in [5.41, 5.74) is 6.20. The van der Waals surface area contributed by atoms with Crippen LogP contribution in [0.4, 0.5) is 29.2 Å². The first-order chi connectivity index (χ1) is 13.8. The molecule has 0 amide bonds. The SMILES string of the molecule is Nc1ncc(-c2cc(N3C[C@@H]4C[C@H]3CO4)nc([C@@H]3CC3(F)F)n2)cc1OC(F)F. The zero-order chi connectivity index (χ0) is 20.3. The first-order valence-electron chi connectivity index (χ1n) is 9.16. The lowest BCUT2D eigenvalue weighted by atomic mass is 10.1. The molecule has 11 heteroatoms. The van der Waals surface area contributed by atoms with Gasteiger partial charge in [0.15, 0.2) is 11.6 Å². The number of fused-ring (bicyclic) bond motifs is 2. The molecule has 2 aliphatic heterocycles. The molecule has 3 fully saturated rings. The number of anilines is 2. The summed E-state index contributed by atoms with van der Waals surface area (Å²) < 4.78 is 62.6. The van der Waals surface area contributed by atoms with E-state index in [1.54, 1.807) is 6.07 Å². The molecule has 0 spiro atoms. The van der Waals surface area contributed by atoms with Crippen molar-refractivity contribution in [1.29, 1.82) is 0 Å². The molecule has 0 radical (unpaired) electrons. The maximum absolute atomic E-state index is 13.7. The summed E-state index contributed by atoms with van der Waals surface area (Å²) in [6.07, 6.45) is 1.97. The molecule has 2 aromatic heterocycles. The third kappa shape index (κ3) is 3.33. The Morgan fingerprint density at radius 2 is 2.07 bits per heavy atom. The van der Waals surface area contributed by atoms with E-state index in [-0.39, 0.29) is 36.0 Å². The Hall–Kier alpha value is -2.69. The van der Waals surface area contributed by atoms with Gasteiger partial charge in [-0.2, -0.15) is 8.78 Å². The van der Waals surface area contributed by atoms with Crippen LogP contribution in [0.25, 0.3) is 11.3 Å². The molecule has 1 saturated carbocycles. The van der Waals surface area contributed by atoms with Gasteiger partial charge in [0.25, 0.3) is 5.92 Å². The summed E-state index contributed by atoms with van der Waals surface area (Å²) in [5, 5.41) is 0. The zero-order valence-corrected chi connectivity index (χ0v) is 15.1. The quantitative estimate of drug-likeness (QED) is 0.757. The van der Waals surface area contributed by atoms with Crippen molar-refractivity contribution >= 4 is 11.6 Å². The Kier molecular flexibility index (Phi) is 4.05. The monoisotopic (exact) mass is 411 g/mol. The predicted molar refractivity (Wildman–Crippen MR) is 94.1 cm³/mol. The molecule has 2 bridgehead atoms. The van der Waals surface area contributed by atoms with E-state index < -0.39 is 18.5 Å². The van der Waals surface area contributed by atoms with Gasteiger partial charge in [-0.15, -0.1) is 0 Å². The smallest absolute Gasteiger partial charge is 0.387 e. The highest BCUT2D eigenvalue weighted by Crippen LogP contribution is 2.55. The van der Waals surface area contributed by atoms with Crippen LogP contribution in [0.15, 0.2) is 18.3 Å². The van der Waals surface area contributed by atoms with Crippen molar-refractivity contribution in [3.63, 3.8) is 0 Å². The van der Waals surface area contributed by atoms with Crippen LogP contribution >= 0.6 is 0 Å². The Morgan fingerprint density at radius 1 is 1.28 bits per heavy atom. The van der Waals surface area contributed by atoms with Crippen molar-refractivity contribution in [2.75, 3.05) is 23.8 Å². The summed E-state index contributed by atoms with van der Waals surface area (Å²) in [4.78, 5) is 14.5. The number of rotatable bonds is 5. The normalized spacial score (nSPS) is 26.9. The second kappa shape index (κ2) is 6.41. The lowest BCUT2D eigenvalue weighted by Crippen LogP contribution is -2.37. The minimum Gasteiger partial charge on any atom is -0.431 e. The van der Waals surface area contributed by atoms with Gasteiger partial charge in [-0.3, -0.25) is 0 Å². The molecule has 0 unspecified atom stereocenters. The molecule has 5 rings (SSSR count). The predicted octanol–water partition coefficient (Wildman–Crippen LogP) is 2.82. The topological polar surface area (TPSA) is 86.4 Å². The lowest BCUT2D eigenvalue weighted by molar-refractivity contribution is -0.0494. The van der Waals surface area contributed by atoms with Crippen molar-refractivity contribution in [2.24, 2.45) is 0 Å². The van der Waals surface area contributed by atoms with E-state index in [0.717, 1.165) is 6.42 Å². The van der Waals surface area contributed by atoms with Crippen LogP contribution < -0.4 is 15.4 Å². The molecule has 0 aromatic carbocycles. The maximum Gasteiger partial charge on any atom is 0.387 e. The van der Waals surface area contributed by atoms with E-state index >= 15 is 0 Å². The zero-order valence-electron chi connectivity index (χ0n) is 15.1. The fourth-order valence-corrected chi connectivity index (χ4v) is 3.86. The molecule has 2 N–H and O–H groups in total. The number of nitrogen functional groups attached to an aromatic ring is 1. The summed E-state index contributed by atoms with van der Waals surface area (Å²) in [7, 11) is 0. The number of alkyl halides is 4. The Labute approximate surface area is 162 Å². The number of nitrogens with zero attached hydrogens (tertiary/aromatic N) is 4. The molecule has 4 heterocycles. The largest absolute Gasteiger partial charge is 0.431 e. The van der Waals surface area contributed by atoms with Crippen LogP contribution in [0.1, 0.15) is 24.6 Å².